The van der Waals surface area contributed by atoms with E-state index in [2.05, 4.69) is 22.9 Å². The molecule has 1 aliphatic heterocycles. The van der Waals surface area contributed by atoms with Gasteiger partial charge in [0.05, 0.1) is 11.7 Å². The van der Waals surface area contributed by atoms with Gasteiger partial charge in [0.2, 0.25) is 0 Å². The number of hydrogen-bond acceptors (Lipinski definition) is 2. The summed E-state index contributed by atoms with van der Waals surface area (Å²) in [7, 11) is 0. The highest BCUT2D eigenvalue weighted by Crippen LogP contribution is 2.24. The zero-order valence-corrected chi connectivity index (χ0v) is 6.96. The van der Waals surface area contributed by atoms with E-state index in [1.54, 1.807) is 0 Å². The van der Waals surface area contributed by atoms with Crippen molar-refractivity contribution in [2.24, 2.45) is 0 Å². The van der Waals surface area contributed by atoms with Gasteiger partial charge in [0.1, 0.15) is 0 Å². The molecular formula is C10H12N2. The average Bonchev–Trinajstić information content (AvgIpc) is 2.02. The molecule has 2 heteroatoms. The van der Waals surface area contributed by atoms with Crippen LogP contribution in [0.5, 0.6) is 0 Å². The molecule has 0 saturated carbocycles. The molecular weight excluding hydrogens is 148 g/mol. The van der Waals surface area contributed by atoms with Crippen LogP contribution in [0.4, 0.5) is 0 Å². The van der Waals surface area contributed by atoms with E-state index in [9.17, 15) is 0 Å². The molecule has 62 valence electrons. The maximum Gasteiger partial charge on any atom is 0.0645 e. The first kappa shape index (κ1) is 7.50. The first-order valence-corrected chi connectivity index (χ1v) is 4.22. The van der Waals surface area contributed by atoms with Crippen molar-refractivity contribution in [2.45, 2.75) is 12.5 Å². The van der Waals surface area contributed by atoms with Crippen molar-refractivity contribution in [2.75, 3.05) is 6.54 Å². The van der Waals surface area contributed by atoms with Gasteiger partial charge in [0.25, 0.3) is 0 Å². The van der Waals surface area contributed by atoms with Gasteiger partial charge in [-0.1, -0.05) is 18.7 Å². The molecule has 1 unspecified atom stereocenters. The van der Waals surface area contributed by atoms with Gasteiger partial charge in [0.15, 0.2) is 0 Å². The van der Waals surface area contributed by atoms with E-state index >= 15 is 0 Å². The van der Waals surface area contributed by atoms with E-state index in [1.165, 1.54) is 6.42 Å². The number of aromatic nitrogens is 1. The standard InChI is InChI=1S/C10H12N2/c1-2-8-4-3-6-12-10(8)9-5-7-11-9/h2-4,6,9,11H,1,5,7H2. The quantitative estimate of drug-likeness (QED) is 0.713. The van der Waals surface area contributed by atoms with Crippen molar-refractivity contribution in [1.82, 2.24) is 10.3 Å². The summed E-state index contributed by atoms with van der Waals surface area (Å²) in [5, 5.41) is 3.33. The maximum atomic E-state index is 4.34. The topological polar surface area (TPSA) is 24.9 Å². The molecule has 12 heavy (non-hydrogen) atoms. The Labute approximate surface area is 72.3 Å². The monoisotopic (exact) mass is 160 g/mol. The Hall–Kier alpha value is -1.15. The molecule has 2 rings (SSSR count). The smallest absolute Gasteiger partial charge is 0.0645 e. The van der Waals surface area contributed by atoms with E-state index in [0.29, 0.717) is 6.04 Å². The van der Waals surface area contributed by atoms with E-state index < -0.39 is 0 Å². The van der Waals surface area contributed by atoms with E-state index in [1.807, 2.05) is 18.3 Å². The van der Waals surface area contributed by atoms with Gasteiger partial charge in [-0.2, -0.15) is 0 Å². The van der Waals surface area contributed by atoms with Gasteiger partial charge in [-0.3, -0.25) is 4.98 Å². The van der Waals surface area contributed by atoms with Crippen LogP contribution in [0, 0.1) is 0 Å². The first-order valence-electron chi connectivity index (χ1n) is 4.22. The number of nitrogens with zero attached hydrogens (tertiary/aromatic N) is 1. The molecule has 1 aliphatic rings. The fourth-order valence-electron chi connectivity index (χ4n) is 1.42. The van der Waals surface area contributed by atoms with E-state index in [4.69, 9.17) is 0 Å². The Kier molecular flexibility index (Phi) is 1.92. The largest absolute Gasteiger partial charge is 0.308 e. The summed E-state index contributed by atoms with van der Waals surface area (Å²) in [6, 6.07) is 4.45. The lowest BCUT2D eigenvalue weighted by atomic mass is 9.99. The van der Waals surface area contributed by atoms with Crippen LogP contribution in [0.2, 0.25) is 0 Å². The molecule has 1 aromatic rings. The molecule has 0 bridgehead atoms. The van der Waals surface area contributed by atoms with E-state index in [0.717, 1.165) is 17.8 Å². The van der Waals surface area contributed by atoms with Crippen molar-refractivity contribution < 1.29 is 0 Å². The van der Waals surface area contributed by atoms with Crippen LogP contribution in [0.25, 0.3) is 6.08 Å². The molecule has 0 radical (unpaired) electrons. The lowest BCUT2D eigenvalue weighted by molar-refractivity contribution is 0.375. The third kappa shape index (κ3) is 1.14. The Bertz CT molecular complexity index is 290. The Morgan fingerprint density at radius 2 is 2.50 bits per heavy atom. The second-order valence-electron chi connectivity index (χ2n) is 2.98. The molecule has 0 spiro atoms. The molecule has 2 heterocycles. The van der Waals surface area contributed by atoms with Gasteiger partial charge >= 0.3 is 0 Å². The summed E-state index contributed by atoms with van der Waals surface area (Å²) in [6.07, 6.45) is 4.89. The molecule has 1 saturated heterocycles. The van der Waals surface area contributed by atoms with Gasteiger partial charge in [-0.05, 0) is 24.6 Å². The van der Waals surface area contributed by atoms with Gasteiger partial charge < -0.3 is 5.32 Å². The third-order valence-corrected chi connectivity index (χ3v) is 2.24. The molecule has 1 atom stereocenters. The van der Waals surface area contributed by atoms with Crippen LogP contribution in [0.3, 0.4) is 0 Å². The van der Waals surface area contributed by atoms with Crippen LogP contribution < -0.4 is 5.32 Å². The minimum Gasteiger partial charge on any atom is -0.308 e. The Balaban J connectivity index is 2.33. The normalized spacial score (nSPS) is 21.5. The number of nitrogens with one attached hydrogen (secondary N) is 1. The fraction of sp³-hybridized carbons (Fsp3) is 0.300. The van der Waals surface area contributed by atoms with Crippen LogP contribution in [-0.2, 0) is 0 Å². The average molecular weight is 160 g/mol. The maximum absolute atomic E-state index is 4.34. The molecule has 1 fully saturated rings. The van der Waals surface area contributed by atoms with Crippen molar-refractivity contribution in [1.29, 1.82) is 0 Å². The molecule has 2 nitrogen and oxygen atoms in total. The highest BCUT2D eigenvalue weighted by Gasteiger charge is 2.21. The van der Waals surface area contributed by atoms with E-state index in [-0.39, 0.29) is 0 Å². The first-order chi connectivity index (χ1) is 5.92. The predicted octanol–water partition coefficient (Wildman–Crippen LogP) is 1.76. The SMILES string of the molecule is C=Cc1cccnc1C1CCN1. The number of rotatable bonds is 2. The van der Waals surface area contributed by atoms with Gasteiger partial charge in [-0.15, -0.1) is 0 Å². The number of hydrogen-bond donors (Lipinski definition) is 1. The molecule has 1 N–H and O–H groups in total. The third-order valence-electron chi connectivity index (χ3n) is 2.24. The minimum absolute atomic E-state index is 0.458. The highest BCUT2D eigenvalue weighted by atomic mass is 15.0. The zero-order chi connectivity index (χ0) is 8.39. The number of pyridine rings is 1. The summed E-state index contributed by atoms with van der Waals surface area (Å²) in [4.78, 5) is 4.34. The van der Waals surface area contributed by atoms with Crippen LogP contribution >= 0.6 is 0 Å². The molecule has 0 aromatic carbocycles. The van der Waals surface area contributed by atoms with Gasteiger partial charge in [0, 0.05) is 6.20 Å². The summed E-state index contributed by atoms with van der Waals surface area (Å²) in [5.74, 6) is 0. The minimum atomic E-state index is 0.458. The molecule has 0 amide bonds. The highest BCUT2D eigenvalue weighted by molar-refractivity contribution is 5.50. The lowest BCUT2D eigenvalue weighted by Crippen LogP contribution is -2.35. The summed E-state index contributed by atoms with van der Waals surface area (Å²) in [6.45, 7) is 4.87. The second kappa shape index (κ2) is 3.07. The Morgan fingerprint density at radius 1 is 1.67 bits per heavy atom. The molecule has 0 aliphatic carbocycles. The molecule has 1 aromatic heterocycles. The second-order valence-corrected chi connectivity index (χ2v) is 2.98. The van der Waals surface area contributed by atoms with Crippen molar-refractivity contribution in [3.05, 3.63) is 36.2 Å². The predicted molar refractivity (Wildman–Crippen MR) is 49.7 cm³/mol. The van der Waals surface area contributed by atoms with Gasteiger partial charge in [-0.25, -0.2) is 0 Å². The summed E-state index contributed by atoms with van der Waals surface area (Å²) >= 11 is 0. The van der Waals surface area contributed by atoms with Crippen molar-refractivity contribution >= 4 is 6.08 Å². The zero-order valence-electron chi connectivity index (χ0n) is 6.96. The van der Waals surface area contributed by atoms with Crippen molar-refractivity contribution in [3.63, 3.8) is 0 Å². The van der Waals surface area contributed by atoms with Crippen LogP contribution in [0.1, 0.15) is 23.7 Å². The summed E-state index contributed by atoms with van der Waals surface area (Å²) in [5.41, 5.74) is 2.29. The van der Waals surface area contributed by atoms with Crippen LogP contribution in [-0.4, -0.2) is 11.5 Å². The Morgan fingerprint density at radius 3 is 3.08 bits per heavy atom. The lowest BCUT2D eigenvalue weighted by Gasteiger charge is -2.28. The van der Waals surface area contributed by atoms with Crippen molar-refractivity contribution in [3.8, 4) is 0 Å². The van der Waals surface area contributed by atoms with Crippen LogP contribution in [0.15, 0.2) is 24.9 Å². The summed E-state index contributed by atoms with van der Waals surface area (Å²) < 4.78 is 0. The fourth-order valence-corrected chi connectivity index (χ4v) is 1.42.